The van der Waals surface area contributed by atoms with Gasteiger partial charge in [-0.1, -0.05) is 43.5 Å². The highest BCUT2D eigenvalue weighted by atomic mass is 32.2. The van der Waals surface area contributed by atoms with Crippen molar-refractivity contribution >= 4 is 49.1 Å². The van der Waals surface area contributed by atoms with Crippen LogP contribution in [0, 0.1) is 11.3 Å². The lowest BCUT2D eigenvalue weighted by atomic mass is 9.84. The van der Waals surface area contributed by atoms with Crippen LogP contribution in [0.5, 0.6) is 0 Å². The van der Waals surface area contributed by atoms with E-state index in [9.17, 15) is 13.7 Å². The fourth-order valence-corrected chi connectivity index (χ4v) is 6.95. The quantitative estimate of drug-likeness (QED) is 0.228. The minimum Gasteiger partial charge on any atom is -0.360 e. The highest BCUT2D eigenvalue weighted by Gasteiger charge is 2.17. The molecule has 7 nitrogen and oxygen atoms in total. The van der Waals surface area contributed by atoms with Gasteiger partial charge in [0, 0.05) is 34.4 Å². The molecule has 0 radical (unpaired) electrons. The molecule has 4 aromatic rings. The average Bonchev–Trinajstić information content (AvgIpc) is 3.63. The van der Waals surface area contributed by atoms with Gasteiger partial charge in [0.25, 0.3) is 10.0 Å². The molecule has 1 aliphatic rings. The van der Waals surface area contributed by atoms with E-state index in [2.05, 4.69) is 50.3 Å². The van der Waals surface area contributed by atoms with Crippen LogP contribution in [-0.4, -0.2) is 18.4 Å². The van der Waals surface area contributed by atoms with E-state index in [0.717, 1.165) is 11.3 Å². The third-order valence-electron chi connectivity index (χ3n) is 6.34. The predicted octanol–water partition coefficient (Wildman–Crippen LogP) is 7.09. The number of benzene rings is 2. The highest BCUT2D eigenvalue weighted by Crippen LogP contribution is 2.34. The van der Waals surface area contributed by atoms with Gasteiger partial charge in [-0.05, 0) is 48.6 Å². The van der Waals surface area contributed by atoms with Crippen LogP contribution < -0.4 is 10.0 Å². The number of rotatable bonds is 8. The lowest BCUT2D eigenvalue weighted by molar-refractivity contribution is 0.443. The first-order chi connectivity index (χ1) is 18.0. The summed E-state index contributed by atoms with van der Waals surface area (Å²) in [5.74, 6) is 0.663. The second-order valence-electron chi connectivity index (χ2n) is 8.78. The molecule has 0 bridgehead atoms. The van der Waals surface area contributed by atoms with Gasteiger partial charge < -0.3 is 5.32 Å². The lowest BCUT2D eigenvalue weighted by Gasteiger charge is -2.22. The highest BCUT2D eigenvalue weighted by molar-refractivity contribution is 7.93. The van der Waals surface area contributed by atoms with Crippen molar-refractivity contribution in [2.75, 3.05) is 10.0 Å². The summed E-state index contributed by atoms with van der Waals surface area (Å²) in [5.41, 5.74) is 4.33. The second-order valence-corrected chi connectivity index (χ2v) is 12.2. The van der Waals surface area contributed by atoms with Crippen molar-refractivity contribution in [3.05, 3.63) is 82.3 Å². The third kappa shape index (κ3) is 6.07. The van der Waals surface area contributed by atoms with E-state index in [4.69, 9.17) is 0 Å². The first-order valence-electron chi connectivity index (χ1n) is 12.0. The molecule has 1 saturated carbocycles. The summed E-state index contributed by atoms with van der Waals surface area (Å²) in [5, 5.41) is 17.4. The van der Waals surface area contributed by atoms with E-state index in [1.165, 1.54) is 78.7 Å². The summed E-state index contributed by atoms with van der Waals surface area (Å²) < 4.78 is 27.4. The van der Waals surface area contributed by atoms with Gasteiger partial charge in [-0.2, -0.15) is 5.26 Å². The third-order valence-corrected chi connectivity index (χ3v) is 9.39. The summed E-state index contributed by atoms with van der Waals surface area (Å²) >= 11 is 2.63. The van der Waals surface area contributed by atoms with Gasteiger partial charge in [0.15, 0.2) is 5.13 Å². The van der Waals surface area contributed by atoms with Crippen molar-refractivity contribution < 1.29 is 8.42 Å². The number of nitrogens with zero attached hydrogens (tertiary/aromatic N) is 3. The molecular weight excluding hydrogens is 523 g/mol. The number of nitrogens with one attached hydrogen (secondary N) is 2. The number of aromatic nitrogens is 2. The molecule has 5 rings (SSSR count). The maximum Gasteiger partial charge on any atom is 0.263 e. The Bertz CT molecular complexity index is 1510. The molecule has 2 heterocycles. The Kier molecular flexibility index (Phi) is 7.65. The summed E-state index contributed by atoms with van der Waals surface area (Å²) in [6.07, 6.45) is 9.63. The number of anilines is 2. The van der Waals surface area contributed by atoms with Gasteiger partial charge >= 0.3 is 0 Å². The number of allylic oxidation sites excluding steroid dienone is 1. The molecule has 10 heteroatoms. The van der Waals surface area contributed by atoms with Crippen molar-refractivity contribution in [3.8, 4) is 17.3 Å². The normalized spacial score (nSPS) is 14.7. The number of hydrogen-bond acceptors (Lipinski definition) is 8. The molecule has 188 valence electrons. The molecule has 2 N–H and O–H groups in total. The van der Waals surface area contributed by atoms with E-state index in [1.54, 1.807) is 23.7 Å². The summed E-state index contributed by atoms with van der Waals surface area (Å²) in [7, 11) is -3.72. The smallest absolute Gasteiger partial charge is 0.263 e. The van der Waals surface area contributed by atoms with E-state index in [1.807, 2.05) is 5.38 Å². The van der Waals surface area contributed by atoms with Crippen LogP contribution in [0.15, 0.2) is 76.6 Å². The Labute approximate surface area is 224 Å². The van der Waals surface area contributed by atoms with Gasteiger partial charge in [0.05, 0.1) is 10.6 Å². The maximum absolute atomic E-state index is 12.5. The largest absolute Gasteiger partial charge is 0.360 e. The van der Waals surface area contributed by atoms with Crippen LogP contribution in [0.3, 0.4) is 0 Å². The topological polar surface area (TPSA) is 108 Å². The summed E-state index contributed by atoms with van der Waals surface area (Å²) in [6, 6.07) is 17.1. The van der Waals surface area contributed by atoms with Crippen LogP contribution in [0.2, 0.25) is 0 Å². The van der Waals surface area contributed by atoms with E-state index >= 15 is 0 Å². The molecule has 1 aliphatic carbocycles. The molecule has 0 aliphatic heterocycles. The van der Waals surface area contributed by atoms with Gasteiger partial charge in [0.2, 0.25) is 0 Å². The average molecular weight is 548 g/mol. The first-order valence-corrected chi connectivity index (χ1v) is 15.2. The molecule has 0 amide bonds. The van der Waals surface area contributed by atoms with Crippen molar-refractivity contribution in [3.63, 3.8) is 0 Å². The fourth-order valence-electron chi connectivity index (χ4n) is 4.37. The Morgan fingerprint density at radius 2 is 1.78 bits per heavy atom. The Hall–Kier alpha value is -3.52. The zero-order chi connectivity index (χ0) is 25.7. The van der Waals surface area contributed by atoms with Crippen molar-refractivity contribution in [1.29, 1.82) is 5.26 Å². The standard InChI is InChI=1S/C27H25N5O2S3/c28-16-22(17-30-23-10-12-24(13-11-23)37(33,34)32-27-29-14-15-35-27)26-31-25(18-36-26)21-8-6-20(7-9-21)19-4-2-1-3-5-19/h6-15,17-19,30H,1-5H2,(H,29,32). The molecule has 0 saturated heterocycles. The molecule has 0 unspecified atom stereocenters. The van der Waals surface area contributed by atoms with Crippen molar-refractivity contribution in [2.24, 2.45) is 0 Å². The van der Waals surface area contributed by atoms with Gasteiger partial charge in [0.1, 0.15) is 16.6 Å². The maximum atomic E-state index is 12.5. The van der Waals surface area contributed by atoms with Gasteiger partial charge in [-0.25, -0.2) is 18.4 Å². The first kappa shape index (κ1) is 25.1. The van der Waals surface area contributed by atoms with Crippen LogP contribution in [0.25, 0.3) is 16.8 Å². The Morgan fingerprint density at radius 3 is 2.46 bits per heavy atom. The van der Waals surface area contributed by atoms with Crippen LogP contribution in [0.4, 0.5) is 10.8 Å². The zero-order valence-corrected chi connectivity index (χ0v) is 22.4. The van der Waals surface area contributed by atoms with Crippen LogP contribution in [0.1, 0.15) is 48.6 Å². The zero-order valence-electron chi connectivity index (χ0n) is 19.9. The van der Waals surface area contributed by atoms with Crippen LogP contribution >= 0.6 is 22.7 Å². The molecular formula is C27H25N5O2S3. The van der Waals surface area contributed by atoms with E-state index in [-0.39, 0.29) is 4.90 Å². The number of hydrogen-bond donors (Lipinski definition) is 2. The monoisotopic (exact) mass is 547 g/mol. The van der Waals surface area contributed by atoms with E-state index < -0.39 is 10.0 Å². The van der Waals surface area contributed by atoms with Gasteiger partial charge in [-0.3, -0.25) is 4.72 Å². The number of nitriles is 1. The molecule has 0 spiro atoms. The number of thiazole rings is 2. The van der Waals surface area contributed by atoms with Crippen LogP contribution in [-0.2, 0) is 10.0 Å². The van der Waals surface area contributed by atoms with Gasteiger partial charge in [-0.15, -0.1) is 22.7 Å². The number of sulfonamides is 1. The fraction of sp³-hybridized carbons (Fsp3) is 0.222. The Morgan fingerprint density at radius 1 is 1.03 bits per heavy atom. The predicted molar refractivity (Wildman–Crippen MR) is 150 cm³/mol. The minimum absolute atomic E-state index is 0.122. The summed E-state index contributed by atoms with van der Waals surface area (Å²) in [6.45, 7) is 0. The second kappa shape index (κ2) is 11.3. The Balaban J connectivity index is 1.25. The SMILES string of the molecule is N#CC(=CNc1ccc(S(=O)(=O)Nc2nccs2)cc1)c1nc(-c2ccc(C3CCCCC3)cc2)cs1. The molecule has 2 aromatic heterocycles. The minimum atomic E-state index is -3.72. The van der Waals surface area contributed by atoms with Crippen molar-refractivity contribution in [2.45, 2.75) is 42.9 Å². The van der Waals surface area contributed by atoms with E-state index in [0.29, 0.717) is 27.3 Å². The molecule has 1 fully saturated rings. The summed E-state index contributed by atoms with van der Waals surface area (Å²) in [4.78, 5) is 8.75. The molecule has 37 heavy (non-hydrogen) atoms. The molecule has 2 aromatic carbocycles. The van der Waals surface area contributed by atoms with Crippen molar-refractivity contribution in [1.82, 2.24) is 9.97 Å². The molecule has 0 atom stereocenters. The lowest BCUT2D eigenvalue weighted by Crippen LogP contribution is -2.12.